The molecule has 30 heavy (non-hydrogen) atoms. The van der Waals surface area contributed by atoms with Crippen LogP contribution in [0.3, 0.4) is 0 Å². The number of ether oxygens (including phenoxy) is 2. The van der Waals surface area contributed by atoms with Crippen LogP contribution in [0.5, 0.6) is 11.5 Å². The molecule has 164 valence electrons. The largest absolute Gasteiger partial charge is 0.496 e. The summed E-state index contributed by atoms with van der Waals surface area (Å²) in [5.41, 5.74) is 3.82. The van der Waals surface area contributed by atoms with Gasteiger partial charge in [0.2, 0.25) is 0 Å². The van der Waals surface area contributed by atoms with E-state index >= 15 is 0 Å². The van der Waals surface area contributed by atoms with Gasteiger partial charge in [-0.15, -0.1) is 11.8 Å². The van der Waals surface area contributed by atoms with Crippen LogP contribution >= 0.6 is 11.8 Å². The molecule has 1 saturated heterocycles. The Morgan fingerprint density at radius 2 is 1.80 bits per heavy atom. The molecule has 0 saturated carbocycles. The zero-order chi connectivity index (χ0) is 21.8. The Bertz CT molecular complexity index is 842. The second kappa shape index (κ2) is 10.0. The van der Waals surface area contributed by atoms with Crippen LogP contribution < -0.4 is 9.47 Å². The maximum absolute atomic E-state index is 14.5. The van der Waals surface area contributed by atoms with Gasteiger partial charge in [0, 0.05) is 5.56 Å². The van der Waals surface area contributed by atoms with Gasteiger partial charge in [-0.25, -0.2) is 4.39 Å². The lowest BCUT2D eigenvalue weighted by atomic mass is 9.92. The Labute approximate surface area is 180 Å². The zero-order valence-electron chi connectivity index (χ0n) is 17.4. The molecule has 0 bridgehead atoms. The van der Waals surface area contributed by atoms with E-state index in [4.69, 9.17) is 9.47 Å². The predicted molar refractivity (Wildman–Crippen MR) is 116 cm³/mol. The normalized spacial score (nSPS) is 26.4. The van der Waals surface area contributed by atoms with E-state index in [1.807, 2.05) is 50.2 Å². The summed E-state index contributed by atoms with van der Waals surface area (Å²) < 4.78 is 25.5. The Morgan fingerprint density at radius 3 is 2.40 bits per heavy atom. The summed E-state index contributed by atoms with van der Waals surface area (Å²) in [6.45, 7) is 4.17. The van der Waals surface area contributed by atoms with Crippen molar-refractivity contribution in [3.8, 4) is 11.5 Å². The standard InChI is InChI=1S/C23H29FO5S/c1-4-29-16-7-5-14(6-8-16)10-15-11-17(18(28-3)9-13(15)2)23-22(27)20(24)21(26)19(12-25)30-23/h5-9,11,19-23,25-27H,4,10,12H2,1-3H3/t19-,20+,21-,22-,23+/m1/s1/i24-1. The van der Waals surface area contributed by atoms with Gasteiger partial charge in [0.15, 0.2) is 6.17 Å². The number of rotatable bonds is 7. The number of thioether (sulfide) groups is 1. The highest BCUT2D eigenvalue weighted by molar-refractivity contribution is 8.00. The Morgan fingerprint density at radius 1 is 1.10 bits per heavy atom. The number of alkyl halides is 1. The van der Waals surface area contributed by atoms with Crippen LogP contribution in [0.15, 0.2) is 36.4 Å². The molecule has 1 aliphatic rings. The molecule has 0 aromatic heterocycles. The number of benzene rings is 2. The van der Waals surface area contributed by atoms with Crippen molar-refractivity contribution in [2.45, 2.75) is 49.1 Å². The maximum atomic E-state index is 14.5. The third-order valence-electron chi connectivity index (χ3n) is 5.47. The lowest BCUT2D eigenvalue weighted by molar-refractivity contribution is -0.0254. The van der Waals surface area contributed by atoms with Crippen molar-refractivity contribution in [2.75, 3.05) is 20.3 Å². The van der Waals surface area contributed by atoms with E-state index in [9.17, 15) is 19.7 Å². The van der Waals surface area contributed by atoms with Gasteiger partial charge in [0.1, 0.15) is 23.7 Å². The summed E-state index contributed by atoms with van der Waals surface area (Å²) in [6, 6.07) is 11.7. The molecule has 1 fully saturated rings. The monoisotopic (exact) mass is 435 g/mol. The summed E-state index contributed by atoms with van der Waals surface area (Å²) in [7, 11) is 1.54. The summed E-state index contributed by atoms with van der Waals surface area (Å²) in [5.74, 6) is 1.37. The molecule has 2 aromatic rings. The number of hydrogen-bond acceptors (Lipinski definition) is 6. The molecule has 2 aromatic carbocycles. The number of aryl methyl sites for hydroxylation is 1. The molecule has 0 radical (unpaired) electrons. The van der Waals surface area contributed by atoms with Gasteiger partial charge in [-0.2, -0.15) is 0 Å². The van der Waals surface area contributed by atoms with E-state index in [2.05, 4.69) is 0 Å². The van der Waals surface area contributed by atoms with E-state index in [1.165, 1.54) is 18.9 Å². The first-order chi connectivity index (χ1) is 14.4. The average molecular weight is 436 g/mol. The van der Waals surface area contributed by atoms with Crippen LogP contribution in [0.1, 0.15) is 34.4 Å². The average Bonchev–Trinajstić information content (AvgIpc) is 2.75. The van der Waals surface area contributed by atoms with Crippen LogP contribution in [0.4, 0.5) is 4.39 Å². The molecule has 0 spiro atoms. The highest BCUT2D eigenvalue weighted by Gasteiger charge is 2.45. The molecule has 7 heteroatoms. The first-order valence-electron chi connectivity index (χ1n) is 10.0. The van der Waals surface area contributed by atoms with Crippen molar-refractivity contribution in [1.82, 2.24) is 0 Å². The van der Waals surface area contributed by atoms with Gasteiger partial charge in [-0.1, -0.05) is 18.2 Å². The topological polar surface area (TPSA) is 79.2 Å². The van der Waals surface area contributed by atoms with Crippen LogP contribution in [-0.2, 0) is 6.42 Å². The fourth-order valence-corrected chi connectivity index (χ4v) is 5.17. The molecule has 5 nitrogen and oxygen atoms in total. The van der Waals surface area contributed by atoms with Gasteiger partial charge in [-0.3, -0.25) is 0 Å². The zero-order valence-corrected chi connectivity index (χ0v) is 18.2. The second-order valence-electron chi connectivity index (χ2n) is 7.48. The Balaban J connectivity index is 1.93. The number of methoxy groups -OCH3 is 1. The SMILES string of the molecule is CCOc1ccc(Cc2cc([C@@H]3S[C@H](CO)[C@@H](O)[C@H]([18F])[C@H]3O)c(OC)cc2C)cc1. The van der Waals surface area contributed by atoms with E-state index in [0.717, 1.165) is 22.4 Å². The highest BCUT2D eigenvalue weighted by Crippen LogP contribution is 2.47. The molecular weight excluding hydrogens is 406 g/mol. The fraction of sp³-hybridized carbons (Fsp3) is 0.478. The van der Waals surface area contributed by atoms with E-state index in [-0.39, 0.29) is 6.61 Å². The highest BCUT2D eigenvalue weighted by atomic mass is 32.2. The van der Waals surface area contributed by atoms with Crippen LogP contribution in [0.2, 0.25) is 0 Å². The molecule has 0 aliphatic carbocycles. The predicted octanol–water partition coefficient (Wildman–Crippen LogP) is 3.20. The van der Waals surface area contributed by atoms with Gasteiger partial charge in [0.05, 0.1) is 30.8 Å². The first-order valence-corrected chi connectivity index (χ1v) is 11.0. The lowest BCUT2D eigenvalue weighted by Gasteiger charge is -2.39. The minimum Gasteiger partial charge on any atom is -0.496 e. The maximum Gasteiger partial charge on any atom is 0.154 e. The Kier molecular flexibility index (Phi) is 7.63. The van der Waals surface area contributed by atoms with Crippen LogP contribution in [0.25, 0.3) is 0 Å². The van der Waals surface area contributed by atoms with Gasteiger partial charge >= 0.3 is 0 Å². The Hall–Kier alpha value is -1.80. The van der Waals surface area contributed by atoms with Crippen molar-refractivity contribution in [3.05, 3.63) is 58.7 Å². The molecule has 0 amide bonds. The van der Waals surface area contributed by atoms with Crippen molar-refractivity contribution in [2.24, 2.45) is 0 Å². The lowest BCUT2D eigenvalue weighted by Crippen LogP contribution is -2.49. The summed E-state index contributed by atoms with van der Waals surface area (Å²) in [6.07, 6.45) is -3.99. The fourth-order valence-electron chi connectivity index (χ4n) is 3.76. The third kappa shape index (κ3) is 4.75. The molecular formula is C23H29FO5S. The van der Waals surface area contributed by atoms with E-state index < -0.39 is 28.9 Å². The molecule has 0 unspecified atom stereocenters. The molecule has 1 aliphatic heterocycles. The van der Waals surface area contributed by atoms with Crippen molar-refractivity contribution in [1.29, 1.82) is 0 Å². The van der Waals surface area contributed by atoms with Gasteiger partial charge < -0.3 is 24.8 Å². The minimum atomic E-state index is -1.84. The minimum absolute atomic E-state index is 0.372. The molecule has 3 rings (SSSR count). The quantitative estimate of drug-likeness (QED) is 0.620. The number of aliphatic hydroxyl groups is 3. The first kappa shape index (κ1) is 22.9. The van der Waals surface area contributed by atoms with E-state index in [1.54, 1.807) is 0 Å². The van der Waals surface area contributed by atoms with E-state index in [0.29, 0.717) is 24.3 Å². The number of hydrogen-bond donors (Lipinski definition) is 3. The third-order valence-corrected chi connectivity index (χ3v) is 7.07. The van der Waals surface area contributed by atoms with Crippen LogP contribution in [-0.4, -0.2) is 59.3 Å². The van der Waals surface area contributed by atoms with Crippen LogP contribution in [0, 0.1) is 6.92 Å². The molecule has 5 atom stereocenters. The van der Waals surface area contributed by atoms with Crippen molar-refractivity contribution < 1.29 is 29.2 Å². The van der Waals surface area contributed by atoms with Gasteiger partial charge in [0.25, 0.3) is 0 Å². The summed E-state index contributed by atoms with van der Waals surface area (Å²) in [4.78, 5) is 0. The number of aliphatic hydroxyl groups excluding tert-OH is 3. The molecule has 3 N–H and O–H groups in total. The summed E-state index contributed by atoms with van der Waals surface area (Å²) >= 11 is 1.18. The van der Waals surface area contributed by atoms with Gasteiger partial charge in [-0.05, 0) is 55.2 Å². The molecule has 1 heterocycles. The second-order valence-corrected chi connectivity index (χ2v) is 8.86. The van der Waals surface area contributed by atoms with Crippen molar-refractivity contribution >= 4 is 11.8 Å². The summed E-state index contributed by atoms with van der Waals surface area (Å²) in [5, 5.41) is 28.7. The van der Waals surface area contributed by atoms with Crippen molar-refractivity contribution in [3.63, 3.8) is 0 Å². The number of halogens is 1. The smallest absolute Gasteiger partial charge is 0.154 e.